The molecule has 0 heterocycles. The lowest BCUT2D eigenvalue weighted by Gasteiger charge is -2.26. The summed E-state index contributed by atoms with van der Waals surface area (Å²) in [6, 6.07) is 2.80. The predicted octanol–water partition coefficient (Wildman–Crippen LogP) is 3.81. The molecule has 0 aromatic carbocycles. The molecule has 19 heavy (non-hydrogen) atoms. The van der Waals surface area contributed by atoms with Crippen LogP contribution in [0, 0.1) is 24.3 Å². The molecule has 0 aromatic heterocycles. The SMILES string of the molecule is C#CCCC(I)C(C)N(C#CC)C(=O)OCCCC. The van der Waals surface area contributed by atoms with Gasteiger partial charge in [0.1, 0.15) is 0 Å². The lowest BCUT2D eigenvalue weighted by Crippen LogP contribution is -2.40. The Morgan fingerprint density at radius 3 is 2.74 bits per heavy atom. The molecule has 0 aliphatic rings. The Bertz CT molecular complexity index is 365. The second-order valence-electron chi connectivity index (χ2n) is 4.20. The topological polar surface area (TPSA) is 29.5 Å². The van der Waals surface area contributed by atoms with Crippen molar-refractivity contribution in [3.8, 4) is 24.3 Å². The number of carbonyl (C=O) groups excluding carboxylic acids is 1. The summed E-state index contributed by atoms with van der Waals surface area (Å²) in [5, 5.41) is 0. The van der Waals surface area contributed by atoms with E-state index in [1.165, 1.54) is 4.90 Å². The van der Waals surface area contributed by atoms with Crippen LogP contribution in [0.5, 0.6) is 0 Å². The third-order valence-corrected chi connectivity index (χ3v) is 4.31. The summed E-state index contributed by atoms with van der Waals surface area (Å²) >= 11 is 2.31. The Hall–Kier alpha value is -0.880. The summed E-state index contributed by atoms with van der Waals surface area (Å²) in [5.74, 6) is 5.38. The van der Waals surface area contributed by atoms with Crippen molar-refractivity contribution in [1.29, 1.82) is 0 Å². The maximum atomic E-state index is 12.0. The summed E-state index contributed by atoms with van der Waals surface area (Å²) in [4.78, 5) is 13.5. The summed E-state index contributed by atoms with van der Waals surface area (Å²) in [5.41, 5.74) is 0. The Balaban J connectivity index is 4.55. The van der Waals surface area contributed by atoms with E-state index in [4.69, 9.17) is 11.2 Å². The van der Waals surface area contributed by atoms with E-state index in [0.717, 1.165) is 19.3 Å². The molecule has 0 fully saturated rings. The molecule has 0 aliphatic carbocycles. The van der Waals surface area contributed by atoms with Crippen LogP contribution in [0.25, 0.3) is 0 Å². The molecule has 2 atom stereocenters. The Morgan fingerprint density at radius 1 is 1.53 bits per heavy atom. The van der Waals surface area contributed by atoms with Gasteiger partial charge in [-0.3, -0.25) is 0 Å². The highest BCUT2D eigenvalue weighted by Gasteiger charge is 2.25. The lowest BCUT2D eigenvalue weighted by molar-refractivity contribution is 0.109. The minimum absolute atomic E-state index is 0.0180. The number of hydrogen-bond donors (Lipinski definition) is 0. The van der Waals surface area contributed by atoms with Gasteiger partial charge in [-0.2, -0.15) is 0 Å². The molecule has 3 nitrogen and oxygen atoms in total. The molecular formula is C15H22INO2. The fourth-order valence-corrected chi connectivity index (χ4v) is 2.06. The summed E-state index contributed by atoms with van der Waals surface area (Å²) in [7, 11) is 0. The van der Waals surface area contributed by atoms with Crippen LogP contribution in [0.2, 0.25) is 0 Å². The van der Waals surface area contributed by atoms with Crippen molar-refractivity contribution < 1.29 is 9.53 Å². The van der Waals surface area contributed by atoms with Crippen molar-refractivity contribution in [2.45, 2.75) is 56.4 Å². The number of alkyl halides is 1. The van der Waals surface area contributed by atoms with Gasteiger partial charge in [0, 0.05) is 16.4 Å². The van der Waals surface area contributed by atoms with E-state index in [9.17, 15) is 4.79 Å². The van der Waals surface area contributed by atoms with Gasteiger partial charge in [-0.1, -0.05) is 41.9 Å². The van der Waals surface area contributed by atoms with Crippen LogP contribution in [0.4, 0.5) is 4.79 Å². The van der Waals surface area contributed by atoms with Crippen LogP contribution in [0.3, 0.4) is 0 Å². The van der Waals surface area contributed by atoms with Gasteiger partial charge in [-0.05, 0) is 26.7 Å². The molecule has 1 amide bonds. The van der Waals surface area contributed by atoms with Crippen molar-refractivity contribution >= 4 is 28.7 Å². The van der Waals surface area contributed by atoms with Crippen LogP contribution < -0.4 is 0 Å². The third kappa shape index (κ3) is 7.32. The predicted molar refractivity (Wildman–Crippen MR) is 86.9 cm³/mol. The number of nitrogens with zero attached hydrogens (tertiary/aromatic N) is 1. The molecule has 0 bridgehead atoms. The molecule has 0 N–H and O–H groups in total. The Kier molecular flexibility index (Phi) is 10.5. The molecule has 0 saturated carbocycles. The number of ether oxygens (including phenoxy) is 1. The van der Waals surface area contributed by atoms with Crippen molar-refractivity contribution in [1.82, 2.24) is 4.90 Å². The van der Waals surface area contributed by atoms with Gasteiger partial charge < -0.3 is 4.74 Å². The van der Waals surface area contributed by atoms with Crippen LogP contribution in [-0.2, 0) is 4.74 Å². The zero-order valence-electron chi connectivity index (χ0n) is 11.9. The Morgan fingerprint density at radius 2 is 2.21 bits per heavy atom. The number of rotatable bonds is 7. The summed E-state index contributed by atoms with van der Waals surface area (Å²) in [6.07, 6.45) is 8.34. The van der Waals surface area contributed by atoms with Gasteiger partial charge in [0.25, 0.3) is 0 Å². The molecule has 106 valence electrons. The summed E-state index contributed by atoms with van der Waals surface area (Å²) in [6.45, 7) is 6.18. The van der Waals surface area contributed by atoms with Gasteiger partial charge in [0.05, 0.1) is 12.6 Å². The maximum Gasteiger partial charge on any atom is 0.421 e. The highest BCUT2D eigenvalue weighted by Crippen LogP contribution is 2.18. The molecule has 0 rings (SSSR count). The number of terminal acetylenes is 1. The first-order chi connectivity index (χ1) is 9.08. The van der Waals surface area contributed by atoms with E-state index in [1.54, 1.807) is 6.92 Å². The maximum absolute atomic E-state index is 12.0. The smallest absolute Gasteiger partial charge is 0.421 e. The number of unbranched alkanes of at least 4 members (excludes halogenated alkanes) is 1. The van der Waals surface area contributed by atoms with Crippen LogP contribution in [0.1, 0.15) is 46.5 Å². The highest BCUT2D eigenvalue weighted by molar-refractivity contribution is 14.1. The first-order valence-electron chi connectivity index (χ1n) is 6.54. The average Bonchev–Trinajstić information content (AvgIpc) is 2.41. The largest absolute Gasteiger partial charge is 0.449 e. The zero-order valence-corrected chi connectivity index (χ0v) is 14.1. The van der Waals surface area contributed by atoms with E-state index in [1.807, 2.05) is 6.92 Å². The molecule has 0 spiro atoms. The third-order valence-electron chi connectivity index (χ3n) is 2.65. The lowest BCUT2D eigenvalue weighted by atomic mass is 10.1. The van der Waals surface area contributed by atoms with Gasteiger partial charge in [-0.15, -0.1) is 12.3 Å². The first kappa shape index (κ1) is 18.1. The van der Waals surface area contributed by atoms with E-state index >= 15 is 0 Å². The molecule has 0 radical (unpaired) electrons. The van der Waals surface area contributed by atoms with Gasteiger partial charge in [-0.25, -0.2) is 9.69 Å². The van der Waals surface area contributed by atoms with Crippen molar-refractivity contribution in [2.75, 3.05) is 6.61 Å². The van der Waals surface area contributed by atoms with Crippen molar-refractivity contribution in [2.24, 2.45) is 0 Å². The Labute approximate surface area is 130 Å². The molecule has 0 aromatic rings. The van der Waals surface area contributed by atoms with E-state index in [-0.39, 0.29) is 16.1 Å². The zero-order chi connectivity index (χ0) is 14.7. The fourth-order valence-electron chi connectivity index (χ4n) is 1.43. The van der Waals surface area contributed by atoms with E-state index in [2.05, 4.69) is 47.4 Å². The second kappa shape index (κ2) is 11.0. The minimum Gasteiger partial charge on any atom is -0.449 e. The molecule has 4 heteroatoms. The number of amides is 1. The average molecular weight is 375 g/mol. The van der Waals surface area contributed by atoms with Gasteiger partial charge in [0.2, 0.25) is 0 Å². The van der Waals surface area contributed by atoms with Crippen LogP contribution in [-0.4, -0.2) is 27.6 Å². The van der Waals surface area contributed by atoms with Crippen molar-refractivity contribution in [3.05, 3.63) is 0 Å². The van der Waals surface area contributed by atoms with Crippen LogP contribution >= 0.6 is 22.6 Å². The van der Waals surface area contributed by atoms with E-state index in [0.29, 0.717) is 13.0 Å². The number of hydrogen-bond acceptors (Lipinski definition) is 2. The molecule has 2 unspecified atom stereocenters. The highest BCUT2D eigenvalue weighted by atomic mass is 127. The minimum atomic E-state index is -0.363. The fraction of sp³-hybridized carbons (Fsp3) is 0.667. The quantitative estimate of drug-likeness (QED) is 0.223. The number of halogens is 1. The molecule has 0 aliphatic heterocycles. The molecule has 0 saturated heterocycles. The number of carbonyl (C=O) groups is 1. The van der Waals surface area contributed by atoms with Gasteiger partial charge in [0.15, 0.2) is 0 Å². The summed E-state index contributed by atoms with van der Waals surface area (Å²) < 4.78 is 5.47. The standard InChI is InChI=1S/C15H22INO2/c1-5-8-10-14(16)13(4)17(11-7-3)15(18)19-12-9-6-2/h1,13-14H,6,8-10,12H2,2-4H3. The van der Waals surface area contributed by atoms with Crippen molar-refractivity contribution in [3.63, 3.8) is 0 Å². The second-order valence-corrected chi connectivity index (χ2v) is 5.80. The normalized spacial score (nSPS) is 12.6. The van der Waals surface area contributed by atoms with E-state index < -0.39 is 0 Å². The van der Waals surface area contributed by atoms with Crippen LogP contribution in [0.15, 0.2) is 0 Å². The van der Waals surface area contributed by atoms with Gasteiger partial charge >= 0.3 is 6.09 Å². The first-order valence-corrected chi connectivity index (χ1v) is 7.78. The molecular weight excluding hydrogens is 353 g/mol. The monoisotopic (exact) mass is 375 g/mol.